The van der Waals surface area contributed by atoms with Gasteiger partial charge in [-0.1, -0.05) is 50.1 Å². The Morgan fingerprint density at radius 2 is 2.22 bits per heavy atom. The number of halogens is 1. The highest BCUT2D eigenvalue weighted by Gasteiger charge is 2.48. The molecular weight excluding hydrogens is 374 g/mol. The van der Waals surface area contributed by atoms with Crippen molar-refractivity contribution in [1.29, 1.82) is 0 Å². The molecule has 1 heterocycles. The maximum absolute atomic E-state index is 13.2. The van der Waals surface area contributed by atoms with Gasteiger partial charge in [0.15, 0.2) is 0 Å². The molecule has 3 aliphatic rings. The van der Waals surface area contributed by atoms with Crippen LogP contribution < -0.4 is 5.32 Å². The van der Waals surface area contributed by atoms with Gasteiger partial charge in [0.2, 0.25) is 0 Å². The number of carbonyl (C=O) groups is 1. The van der Waals surface area contributed by atoms with Gasteiger partial charge in [0.1, 0.15) is 0 Å². The van der Waals surface area contributed by atoms with Crippen LogP contribution in [0.4, 0.5) is 0 Å². The van der Waals surface area contributed by atoms with Crippen molar-refractivity contribution in [2.45, 2.75) is 70.6 Å². The monoisotopic (exact) mass is 405 g/mol. The third-order valence-electron chi connectivity index (χ3n) is 6.39. The predicted molar refractivity (Wildman–Crippen MR) is 118 cm³/mol. The number of rotatable bonds is 9. The summed E-state index contributed by atoms with van der Waals surface area (Å²) in [6.07, 6.45) is 15.1. The lowest BCUT2D eigenvalue weighted by molar-refractivity contribution is -0.118. The third kappa shape index (κ3) is 4.56. The Balaban J connectivity index is 1.72. The second-order valence-electron chi connectivity index (χ2n) is 8.56. The minimum atomic E-state index is 0.101. The average Bonchev–Trinajstić information content (AvgIpc) is 3.24. The Bertz CT molecular complexity index is 688. The van der Waals surface area contributed by atoms with E-state index in [9.17, 15) is 4.79 Å². The van der Waals surface area contributed by atoms with Crippen LogP contribution >= 0.6 is 23.4 Å². The van der Waals surface area contributed by atoms with Crippen molar-refractivity contribution >= 4 is 29.3 Å². The molecule has 1 amide bonds. The van der Waals surface area contributed by atoms with E-state index in [4.69, 9.17) is 11.6 Å². The van der Waals surface area contributed by atoms with E-state index in [1.807, 2.05) is 12.2 Å². The summed E-state index contributed by atoms with van der Waals surface area (Å²) in [7, 11) is 0. The summed E-state index contributed by atoms with van der Waals surface area (Å²) >= 11 is 7.96. The zero-order chi connectivity index (χ0) is 19.6. The Morgan fingerprint density at radius 1 is 1.48 bits per heavy atom. The van der Waals surface area contributed by atoms with Gasteiger partial charge in [-0.05, 0) is 62.0 Å². The topological polar surface area (TPSA) is 29.1 Å². The molecule has 1 aliphatic heterocycles. The molecule has 4 heteroatoms. The minimum Gasteiger partial charge on any atom is -0.348 e. The summed E-state index contributed by atoms with van der Waals surface area (Å²) in [6.45, 7) is 10.5. The lowest BCUT2D eigenvalue weighted by atomic mass is 9.81. The molecule has 2 nitrogen and oxygen atoms in total. The molecule has 3 rings (SSSR count). The fourth-order valence-corrected chi connectivity index (χ4v) is 5.96. The maximum atomic E-state index is 13.2. The quantitative estimate of drug-likeness (QED) is 0.452. The van der Waals surface area contributed by atoms with Crippen molar-refractivity contribution in [3.05, 3.63) is 46.4 Å². The van der Waals surface area contributed by atoms with E-state index in [0.717, 1.165) is 35.6 Å². The van der Waals surface area contributed by atoms with Crippen molar-refractivity contribution in [1.82, 2.24) is 5.32 Å². The van der Waals surface area contributed by atoms with Gasteiger partial charge in [-0.25, -0.2) is 0 Å². The fourth-order valence-electron chi connectivity index (χ4n) is 4.40. The molecule has 0 aromatic heterocycles. The van der Waals surface area contributed by atoms with Crippen LogP contribution in [0.5, 0.6) is 0 Å². The number of hydrogen-bond acceptors (Lipinski definition) is 2. The molecule has 27 heavy (non-hydrogen) atoms. The van der Waals surface area contributed by atoms with E-state index >= 15 is 0 Å². The molecule has 4 atom stereocenters. The van der Waals surface area contributed by atoms with E-state index in [-0.39, 0.29) is 28.5 Å². The normalized spacial score (nSPS) is 27.6. The van der Waals surface area contributed by atoms with Gasteiger partial charge in [-0.3, -0.25) is 4.79 Å². The first-order valence-electron chi connectivity index (χ1n) is 10.2. The summed E-state index contributed by atoms with van der Waals surface area (Å²) in [4.78, 5) is 14.0. The third-order valence-corrected chi connectivity index (χ3v) is 8.31. The smallest absolute Gasteiger partial charge is 0.257 e. The second kappa shape index (κ2) is 8.61. The first-order chi connectivity index (χ1) is 12.9. The maximum Gasteiger partial charge on any atom is 0.257 e. The van der Waals surface area contributed by atoms with Crippen LogP contribution in [-0.4, -0.2) is 17.2 Å². The van der Waals surface area contributed by atoms with E-state index in [2.05, 4.69) is 44.8 Å². The van der Waals surface area contributed by atoms with Gasteiger partial charge < -0.3 is 5.32 Å². The summed E-state index contributed by atoms with van der Waals surface area (Å²) in [5.74, 6) is 0.902. The molecule has 0 radical (unpaired) electrons. The molecule has 0 bridgehead atoms. The van der Waals surface area contributed by atoms with Crippen LogP contribution in [-0.2, 0) is 4.79 Å². The number of amides is 1. The predicted octanol–water partition coefficient (Wildman–Crippen LogP) is 6.35. The van der Waals surface area contributed by atoms with Gasteiger partial charge in [0.25, 0.3) is 5.91 Å². The van der Waals surface area contributed by atoms with Crippen molar-refractivity contribution in [3.8, 4) is 0 Å². The number of hydrogen-bond donors (Lipinski definition) is 1. The Kier molecular flexibility index (Phi) is 6.63. The molecule has 0 aromatic rings. The lowest BCUT2D eigenvalue weighted by Crippen LogP contribution is -2.46. The Hall–Kier alpha value is -0.930. The zero-order valence-corrected chi connectivity index (χ0v) is 18.3. The van der Waals surface area contributed by atoms with Crippen LogP contribution in [0, 0.1) is 17.3 Å². The summed E-state index contributed by atoms with van der Waals surface area (Å²) in [5, 5.41) is 4.54. The SMILES string of the molecule is C=CCCC(CCC)[C@@H](NC(=O)C1=CC2C=CC(Cl)=C(C)C2S1)C1(C)CC1. The minimum absolute atomic E-state index is 0.101. The van der Waals surface area contributed by atoms with Gasteiger partial charge in [0, 0.05) is 22.2 Å². The molecule has 0 aromatic carbocycles. The molecule has 2 aliphatic carbocycles. The van der Waals surface area contributed by atoms with Crippen molar-refractivity contribution in [2.24, 2.45) is 17.3 Å². The average molecular weight is 406 g/mol. The zero-order valence-electron chi connectivity index (χ0n) is 16.8. The molecule has 1 N–H and O–H groups in total. The van der Waals surface area contributed by atoms with E-state index < -0.39 is 0 Å². The molecule has 148 valence electrons. The molecular formula is C23H32ClNOS. The molecule has 1 fully saturated rings. The number of carbonyl (C=O) groups excluding carboxylic acids is 1. The number of nitrogens with one attached hydrogen (secondary N) is 1. The Morgan fingerprint density at radius 3 is 2.85 bits per heavy atom. The van der Waals surface area contributed by atoms with Crippen LogP contribution in [0.15, 0.2) is 46.4 Å². The number of allylic oxidation sites excluding steroid dienone is 5. The van der Waals surface area contributed by atoms with Gasteiger partial charge >= 0.3 is 0 Å². The fraction of sp³-hybridized carbons (Fsp3) is 0.609. The standard InChI is InChI=1S/C23H32ClNOS/c1-5-7-9-16(8-6-2)21(23(4)12-13-23)25-22(26)19-14-17-10-11-18(24)15(3)20(17)27-19/h5,10-11,14,16-17,20-21H,1,6-9,12-13H2,2-4H3,(H,25,26)/t16?,17?,20?,21-/m1/s1. The molecule has 0 spiro atoms. The molecule has 1 saturated carbocycles. The number of fused-ring (bicyclic) bond motifs is 1. The lowest BCUT2D eigenvalue weighted by Gasteiger charge is -2.33. The van der Waals surface area contributed by atoms with Crippen LogP contribution in [0.25, 0.3) is 0 Å². The summed E-state index contributed by atoms with van der Waals surface area (Å²) < 4.78 is 0. The summed E-state index contributed by atoms with van der Waals surface area (Å²) in [6, 6.07) is 0.254. The molecule has 3 unspecified atom stereocenters. The highest BCUT2D eigenvalue weighted by Crippen LogP contribution is 2.52. The molecule has 0 saturated heterocycles. The van der Waals surface area contributed by atoms with Crippen LogP contribution in [0.2, 0.25) is 0 Å². The van der Waals surface area contributed by atoms with Crippen LogP contribution in [0.3, 0.4) is 0 Å². The van der Waals surface area contributed by atoms with E-state index in [1.54, 1.807) is 11.8 Å². The van der Waals surface area contributed by atoms with Crippen molar-refractivity contribution in [2.75, 3.05) is 0 Å². The highest BCUT2D eigenvalue weighted by atomic mass is 35.5. The van der Waals surface area contributed by atoms with E-state index in [1.165, 1.54) is 18.4 Å². The second-order valence-corrected chi connectivity index (χ2v) is 10.1. The van der Waals surface area contributed by atoms with Gasteiger partial charge in [-0.15, -0.1) is 18.3 Å². The summed E-state index contributed by atoms with van der Waals surface area (Å²) in [5.41, 5.74) is 1.43. The highest BCUT2D eigenvalue weighted by molar-refractivity contribution is 8.05. The van der Waals surface area contributed by atoms with Gasteiger partial charge in [-0.2, -0.15) is 0 Å². The first-order valence-corrected chi connectivity index (χ1v) is 11.5. The van der Waals surface area contributed by atoms with Crippen molar-refractivity contribution < 1.29 is 4.79 Å². The van der Waals surface area contributed by atoms with Gasteiger partial charge in [0.05, 0.1) is 4.91 Å². The number of thioether (sulfide) groups is 1. The first kappa shape index (κ1) is 20.8. The van der Waals surface area contributed by atoms with Crippen LogP contribution in [0.1, 0.15) is 59.3 Å². The van der Waals surface area contributed by atoms with E-state index in [0.29, 0.717) is 5.92 Å². The Labute approximate surface area is 173 Å². The largest absolute Gasteiger partial charge is 0.348 e. The van der Waals surface area contributed by atoms with Crippen molar-refractivity contribution in [3.63, 3.8) is 0 Å².